The van der Waals surface area contributed by atoms with Crippen molar-refractivity contribution in [2.45, 2.75) is 77.5 Å². The van der Waals surface area contributed by atoms with Gasteiger partial charge in [0, 0.05) is 11.1 Å². The molecule has 5 heteroatoms. The van der Waals surface area contributed by atoms with E-state index in [4.69, 9.17) is 4.18 Å². The van der Waals surface area contributed by atoms with Crippen LogP contribution in [-0.2, 0) is 31.6 Å². The zero-order valence-electron chi connectivity index (χ0n) is 15.6. The van der Waals surface area contributed by atoms with E-state index in [9.17, 15) is 13.5 Å². The minimum atomic E-state index is -3.85. The third-order valence-electron chi connectivity index (χ3n) is 3.82. The van der Waals surface area contributed by atoms with Crippen LogP contribution in [0.1, 0.15) is 72.1 Å². The fourth-order valence-electron chi connectivity index (χ4n) is 2.86. The lowest BCUT2D eigenvalue weighted by molar-refractivity contribution is 0.337. The van der Waals surface area contributed by atoms with Gasteiger partial charge >= 0.3 is 0 Å². The summed E-state index contributed by atoms with van der Waals surface area (Å²) in [5.41, 5.74) is 1.18. The van der Waals surface area contributed by atoms with Gasteiger partial charge in [-0.15, -0.1) is 0 Å². The van der Waals surface area contributed by atoms with Crippen LogP contribution >= 0.6 is 0 Å². The molecule has 0 amide bonds. The third kappa shape index (κ3) is 4.07. The van der Waals surface area contributed by atoms with Gasteiger partial charge in [-0.05, 0) is 35.8 Å². The molecule has 0 radical (unpaired) electrons. The van der Waals surface area contributed by atoms with E-state index < -0.39 is 10.1 Å². The summed E-state index contributed by atoms with van der Waals surface area (Å²) >= 11 is 0. The SMILES string of the molecule is CCOS(=O)(=O)c1cc(C(C)(C)C)c(O)c(C(C)(C)C)c1CC. The first-order valence-electron chi connectivity index (χ1n) is 8.06. The molecular formula is C18H30O4S. The summed E-state index contributed by atoms with van der Waals surface area (Å²) in [6.45, 7) is 15.4. The van der Waals surface area contributed by atoms with Crippen LogP contribution in [0.5, 0.6) is 5.75 Å². The first kappa shape index (κ1) is 20.0. The van der Waals surface area contributed by atoms with E-state index in [2.05, 4.69) is 0 Å². The Hall–Kier alpha value is -1.07. The number of phenolic OH excluding ortho intramolecular Hbond substituents is 1. The molecule has 0 fully saturated rings. The van der Waals surface area contributed by atoms with Gasteiger partial charge in [0.1, 0.15) is 5.75 Å². The normalized spacial score (nSPS) is 13.4. The molecular weight excluding hydrogens is 312 g/mol. The van der Waals surface area contributed by atoms with E-state index in [0.29, 0.717) is 23.1 Å². The van der Waals surface area contributed by atoms with E-state index in [1.807, 2.05) is 48.5 Å². The van der Waals surface area contributed by atoms with Gasteiger partial charge in [0.2, 0.25) is 0 Å². The predicted molar refractivity (Wildman–Crippen MR) is 93.7 cm³/mol. The van der Waals surface area contributed by atoms with Crippen molar-refractivity contribution < 1.29 is 17.7 Å². The minimum Gasteiger partial charge on any atom is -0.507 e. The molecule has 23 heavy (non-hydrogen) atoms. The molecule has 0 heterocycles. The number of aromatic hydroxyl groups is 1. The van der Waals surface area contributed by atoms with Crippen molar-refractivity contribution in [3.05, 3.63) is 22.8 Å². The Morgan fingerprint density at radius 3 is 1.91 bits per heavy atom. The van der Waals surface area contributed by atoms with Crippen molar-refractivity contribution in [3.63, 3.8) is 0 Å². The van der Waals surface area contributed by atoms with Crippen LogP contribution < -0.4 is 0 Å². The summed E-state index contributed by atoms with van der Waals surface area (Å²) in [6, 6.07) is 1.58. The Bertz CT molecular complexity index is 674. The summed E-state index contributed by atoms with van der Waals surface area (Å²) in [5, 5.41) is 10.9. The van der Waals surface area contributed by atoms with Gasteiger partial charge in [0.05, 0.1) is 11.5 Å². The second-order valence-corrected chi connectivity index (χ2v) is 9.42. The molecule has 0 aliphatic heterocycles. The molecule has 0 bridgehead atoms. The Balaban J connectivity index is 3.99. The van der Waals surface area contributed by atoms with Crippen LogP contribution in [0, 0.1) is 0 Å². The lowest BCUT2D eigenvalue weighted by Gasteiger charge is -2.30. The van der Waals surface area contributed by atoms with E-state index in [-0.39, 0.29) is 28.1 Å². The van der Waals surface area contributed by atoms with Crippen LogP contribution in [0.4, 0.5) is 0 Å². The van der Waals surface area contributed by atoms with Crippen molar-refractivity contribution in [3.8, 4) is 5.75 Å². The predicted octanol–water partition coefficient (Wildman–Crippen LogP) is 4.27. The van der Waals surface area contributed by atoms with Crippen molar-refractivity contribution in [2.75, 3.05) is 6.61 Å². The summed E-state index contributed by atoms with van der Waals surface area (Å²) < 4.78 is 30.2. The van der Waals surface area contributed by atoms with Gasteiger partial charge in [-0.25, -0.2) is 0 Å². The van der Waals surface area contributed by atoms with Gasteiger partial charge in [-0.2, -0.15) is 8.42 Å². The van der Waals surface area contributed by atoms with E-state index in [1.165, 1.54) is 0 Å². The largest absolute Gasteiger partial charge is 0.507 e. The van der Waals surface area contributed by atoms with Crippen molar-refractivity contribution in [1.29, 1.82) is 0 Å². The standard InChI is InChI=1S/C18H30O4S/c1-9-12-14(23(20,21)22-10-2)11-13(17(3,4)5)16(19)15(12)18(6,7)8/h11,19H,9-10H2,1-8H3. The van der Waals surface area contributed by atoms with Gasteiger partial charge in [-0.3, -0.25) is 4.18 Å². The molecule has 0 aromatic heterocycles. The van der Waals surface area contributed by atoms with Gasteiger partial charge in [0.25, 0.3) is 10.1 Å². The van der Waals surface area contributed by atoms with Crippen LogP contribution in [-0.4, -0.2) is 20.1 Å². The van der Waals surface area contributed by atoms with E-state index in [0.717, 1.165) is 0 Å². The highest BCUT2D eigenvalue weighted by atomic mass is 32.2. The molecule has 0 atom stereocenters. The lowest BCUT2D eigenvalue weighted by atomic mass is 9.77. The first-order chi connectivity index (χ1) is 10.3. The third-order valence-corrected chi connectivity index (χ3v) is 5.27. The maximum absolute atomic E-state index is 12.6. The van der Waals surface area contributed by atoms with Crippen molar-refractivity contribution in [1.82, 2.24) is 0 Å². The summed E-state index contributed by atoms with van der Waals surface area (Å²) in [7, 11) is -3.85. The Morgan fingerprint density at radius 2 is 1.57 bits per heavy atom. The number of hydrogen-bond acceptors (Lipinski definition) is 4. The highest BCUT2D eigenvalue weighted by Crippen LogP contribution is 2.44. The highest BCUT2D eigenvalue weighted by Gasteiger charge is 2.33. The summed E-state index contributed by atoms with van der Waals surface area (Å²) in [6.07, 6.45) is 0.506. The molecule has 1 rings (SSSR count). The van der Waals surface area contributed by atoms with Crippen LogP contribution in [0.3, 0.4) is 0 Å². The fraction of sp³-hybridized carbons (Fsp3) is 0.667. The second-order valence-electron chi connectivity index (χ2n) is 7.84. The Labute approximate surface area is 141 Å². The molecule has 132 valence electrons. The molecule has 1 aromatic carbocycles. The molecule has 0 aliphatic rings. The number of phenols is 1. The monoisotopic (exact) mass is 342 g/mol. The minimum absolute atomic E-state index is 0.0854. The van der Waals surface area contributed by atoms with Gasteiger partial charge in [0.15, 0.2) is 0 Å². The molecule has 0 spiro atoms. The quantitative estimate of drug-likeness (QED) is 0.830. The average molecular weight is 343 g/mol. The topological polar surface area (TPSA) is 63.6 Å². The van der Waals surface area contributed by atoms with Crippen LogP contribution in [0.15, 0.2) is 11.0 Å². The van der Waals surface area contributed by atoms with Crippen molar-refractivity contribution in [2.24, 2.45) is 0 Å². The maximum Gasteiger partial charge on any atom is 0.297 e. The smallest absolute Gasteiger partial charge is 0.297 e. The Morgan fingerprint density at radius 1 is 1.04 bits per heavy atom. The summed E-state index contributed by atoms with van der Waals surface area (Å²) in [4.78, 5) is 0.175. The average Bonchev–Trinajstić information content (AvgIpc) is 2.34. The second kappa shape index (κ2) is 6.44. The fourth-order valence-corrected chi connectivity index (χ4v) is 4.11. The number of rotatable bonds is 4. The highest BCUT2D eigenvalue weighted by molar-refractivity contribution is 7.86. The number of benzene rings is 1. The number of hydrogen-bond donors (Lipinski definition) is 1. The van der Waals surface area contributed by atoms with Crippen LogP contribution in [0.25, 0.3) is 0 Å². The molecule has 4 nitrogen and oxygen atoms in total. The zero-order chi connectivity index (χ0) is 18.2. The maximum atomic E-state index is 12.6. The lowest BCUT2D eigenvalue weighted by Crippen LogP contribution is -2.22. The molecule has 0 unspecified atom stereocenters. The molecule has 1 aromatic rings. The van der Waals surface area contributed by atoms with Gasteiger partial charge in [-0.1, -0.05) is 48.5 Å². The zero-order valence-corrected chi connectivity index (χ0v) is 16.4. The van der Waals surface area contributed by atoms with E-state index in [1.54, 1.807) is 13.0 Å². The van der Waals surface area contributed by atoms with Gasteiger partial charge < -0.3 is 5.11 Å². The molecule has 1 N–H and O–H groups in total. The van der Waals surface area contributed by atoms with Crippen molar-refractivity contribution >= 4 is 10.1 Å². The van der Waals surface area contributed by atoms with E-state index >= 15 is 0 Å². The Kier molecular flexibility index (Phi) is 5.59. The summed E-state index contributed by atoms with van der Waals surface area (Å²) in [5.74, 6) is 0.192. The molecule has 0 aliphatic carbocycles. The molecule has 0 saturated carbocycles. The first-order valence-corrected chi connectivity index (χ1v) is 9.47. The molecule has 0 saturated heterocycles. The van der Waals surface area contributed by atoms with Crippen LogP contribution in [0.2, 0.25) is 0 Å².